The zero-order chi connectivity index (χ0) is 18.9. The van der Waals surface area contributed by atoms with E-state index in [0.29, 0.717) is 5.01 Å². The summed E-state index contributed by atoms with van der Waals surface area (Å²) in [5, 5.41) is 24.5. The SMILES string of the molecule is CC(NC(=O)Cc1nnc(CCCNc2ccccn2)s1)C(C)C(=O)O. The van der Waals surface area contributed by atoms with Crippen molar-refractivity contribution in [3.05, 3.63) is 34.4 Å². The number of aliphatic carboxylic acids is 1. The molecule has 1 amide bonds. The molecule has 2 atom stereocenters. The van der Waals surface area contributed by atoms with Gasteiger partial charge in [0.2, 0.25) is 5.91 Å². The number of nitrogens with one attached hydrogen (secondary N) is 2. The summed E-state index contributed by atoms with van der Waals surface area (Å²) >= 11 is 1.41. The number of hydrogen-bond donors (Lipinski definition) is 3. The Kier molecular flexibility index (Phi) is 7.46. The van der Waals surface area contributed by atoms with Gasteiger partial charge < -0.3 is 15.7 Å². The average Bonchev–Trinajstić information content (AvgIpc) is 3.05. The number of carboxylic acids is 1. The van der Waals surface area contributed by atoms with Crippen molar-refractivity contribution in [2.24, 2.45) is 5.92 Å². The highest BCUT2D eigenvalue weighted by Gasteiger charge is 2.21. The van der Waals surface area contributed by atoms with E-state index in [0.717, 1.165) is 30.2 Å². The van der Waals surface area contributed by atoms with Gasteiger partial charge in [-0.15, -0.1) is 21.5 Å². The molecular formula is C17H23N5O3S. The Labute approximate surface area is 156 Å². The van der Waals surface area contributed by atoms with Crippen molar-refractivity contribution in [1.29, 1.82) is 0 Å². The van der Waals surface area contributed by atoms with E-state index >= 15 is 0 Å². The predicted molar refractivity (Wildman–Crippen MR) is 99.1 cm³/mol. The molecule has 0 aliphatic heterocycles. The second kappa shape index (κ2) is 9.81. The summed E-state index contributed by atoms with van der Waals surface area (Å²) < 4.78 is 0. The number of aromatic nitrogens is 3. The summed E-state index contributed by atoms with van der Waals surface area (Å²) in [7, 11) is 0. The number of carbonyl (C=O) groups excluding carboxylic acids is 1. The number of hydrogen-bond acceptors (Lipinski definition) is 7. The Bertz CT molecular complexity index is 722. The molecule has 9 heteroatoms. The monoisotopic (exact) mass is 377 g/mol. The normalized spacial score (nSPS) is 13.0. The van der Waals surface area contributed by atoms with Crippen molar-refractivity contribution < 1.29 is 14.7 Å². The zero-order valence-electron chi connectivity index (χ0n) is 14.8. The number of aryl methyl sites for hydroxylation is 1. The number of amides is 1. The summed E-state index contributed by atoms with van der Waals surface area (Å²) in [6.45, 7) is 4.02. The molecule has 0 radical (unpaired) electrons. The summed E-state index contributed by atoms with van der Waals surface area (Å²) in [4.78, 5) is 27.1. The fourth-order valence-corrected chi connectivity index (χ4v) is 3.05. The van der Waals surface area contributed by atoms with Crippen LogP contribution in [0.5, 0.6) is 0 Å². The fraction of sp³-hybridized carbons (Fsp3) is 0.471. The second-order valence-corrected chi connectivity index (χ2v) is 7.14. The van der Waals surface area contributed by atoms with Gasteiger partial charge in [0.15, 0.2) is 0 Å². The Morgan fingerprint density at radius 3 is 2.69 bits per heavy atom. The van der Waals surface area contributed by atoms with Crippen molar-refractivity contribution in [3.63, 3.8) is 0 Å². The highest BCUT2D eigenvalue weighted by molar-refractivity contribution is 7.11. The average molecular weight is 377 g/mol. The van der Waals surface area contributed by atoms with Crippen LogP contribution < -0.4 is 10.6 Å². The van der Waals surface area contributed by atoms with Crippen LogP contribution in [0.1, 0.15) is 30.3 Å². The van der Waals surface area contributed by atoms with Crippen LogP contribution in [0.15, 0.2) is 24.4 Å². The predicted octanol–water partition coefficient (Wildman–Crippen LogP) is 1.75. The number of anilines is 1. The van der Waals surface area contributed by atoms with Gasteiger partial charge >= 0.3 is 5.97 Å². The molecule has 0 saturated heterocycles. The van der Waals surface area contributed by atoms with Crippen molar-refractivity contribution in [1.82, 2.24) is 20.5 Å². The van der Waals surface area contributed by atoms with Crippen LogP contribution in [0.25, 0.3) is 0 Å². The third-order valence-electron chi connectivity index (χ3n) is 3.89. The molecule has 26 heavy (non-hydrogen) atoms. The molecule has 0 saturated carbocycles. The van der Waals surface area contributed by atoms with Crippen LogP contribution in [0.4, 0.5) is 5.82 Å². The van der Waals surface area contributed by atoms with Crippen molar-refractivity contribution in [2.75, 3.05) is 11.9 Å². The standard InChI is InChI=1S/C17H23N5O3S/c1-11(17(24)25)12(2)20-14(23)10-16-22-21-15(26-16)7-5-9-19-13-6-3-4-8-18-13/h3-4,6,8,11-12H,5,7,9-10H2,1-2H3,(H,18,19)(H,20,23)(H,24,25). The highest BCUT2D eigenvalue weighted by Crippen LogP contribution is 2.13. The van der Waals surface area contributed by atoms with E-state index in [-0.39, 0.29) is 12.3 Å². The minimum absolute atomic E-state index is 0.112. The van der Waals surface area contributed by atoms with Crippen LogP contribution in [0.2, 0.25) is 0 Å². The molecular weight excluding hydrogens is 354 g/mol. The van der Waals surface area contributed by atoms with Crippen LogP contribution in [0, 0.1) is 5.92 Å². The van der Waals surface area contributed by atoms with Crippen LogP contribution in [-0.2, 0) is 22.4 Å². The molecule has 0 spiro atoms. The second-order valence-electron chi connectivity index (χ2n) is 5.99. The summed E-state index contributed by atoms with van der Waals surface area (Å²) in [5.41, 5.74) is 0. The van der Waals surface area contributed by atoms with Crippen LogP contribution in [-0.4, -0.2) is 44.8 Å². The van der Waals surface area contributed by atoms with Crippen molar-refractivity contribution in [3.8, 4) is 0 Å². The zero-order valence-corrected chi connectivity index (χ0v) is 15.6. The maximum atomic E-state index is 12.0. The number of rotatable bonds is 10. The molecule has 0 aliphatic carbocycles. The maximum Gasteiger partial charge on any atom is 0.308 e. The van der Waals surface area contributed by atoms with Gasteiger partial charge in [-0.2, -0.15) is 0 Å². The highest BCUT2D eigenvalue weighted by atomic mass is 32.1. The van der Waals surface area contributed by atoms with Gasteiger partial charge in [-0.1, -0.05) is 6.07 Å². The van der Waals surface area contributed by atoms with Gasteiger partial charge in [-0.05, 0) is 32.4 Å². The quantitative estimate of drug-likeness (QED) is 0.540. The molecule has 2 rings (SSSR count). The fourth-order valence-electron chi connectivity index (χ4n) is 2.17. The van der Waals surface area contributed by atoms with Crippen molar-refractivity contribution >= 4 is 29.0 Å². The van der Waals surface area contributed by atoms with E-state index in [1.165, 1.54) is 11.3 Å². The molecule has 3 N–H and O–H groups in total. The van der Waals surface area contributed by atoms with E-state index in [1.807, 2.05) is 18.2 Å². The lowest BCUT2D eigenvalue weighted by Crippen LogP contribution is -2.40. The lowest BCUT2D eigenvalue weighted by molar-refractivity contribution is -0.142. The smallest absolute Gasteiger partial charge is 0.308 e. The maximum absolute atomic E-state index is 12.0. The number of pyridine rings is 1. The van der Waals surface area contributed by atoms with Crippen molar-refractivity contribution in [2.45, 2.75) is 39.2 Å². The molecule has 2 aromatic rings. The lowest BCUT2D eigenvalue weighted by atomic mass is 10.0. The minimum atomic E-state index is -0.935. The Hall–Kier alpha value is -2.55. The van der Waals surface area contributed by atoms with Gasteiger partial charge in [0, 0.05) is 25.2 Å². The third kappa shape index (κ3) is 6.40. The first kappa shape index (κ1) is 19.8. The van der Waals surface area contributed by atoms with Gasteiger partial charge in [0.1, 0.15) is 15.8 Å². The summed E-state index contributed by atoms with van der Waals surface area (Å²) in [5.74, 6) is -0.984. The van der Waals surface area contributed by atoms with Crippen LogP contribution >= 0.6 is 11.3 Å². The van der Waals surface area contributed by atoms with E-state index < -0.39 is 17.9 Å². The van der Waals surface area contributed by atoms with E-state index in [2.05, 4.69) is 25.8 Å². The van der Waals surface area contributed by atoms with E-state index in [9.17, 15) is 9.59 Å². The summed E-state index contributed by atoms with van der Waals surface area (Å²) in [6, 6.07) is 5.27. The number of carbonyl (C=O) groups is 2. The Morgan fingerprint density at radius 2 is 2.00 bits per heavy atom. The summed E-state index contributed by atoms with van der Waals surface area (Å²) in [6.07, 6.45) is 3.50. The Morgan fingerprint density at radius 1 is 1.23 bits per heavy atom. The first-order valence-corrected chi connectivity index (χ1v) is 9.25. The van der Waals surface area contributed by atoms with Gasteiger partial charge in [0.25, 0.3) is 0 Å². The molecule has 2 heterocycles. The first-order valence-electron chi connectivity index (χ1n) is 8.44. The van der Waals surface area contributed by atoms with Gasteiger partial charge in [-0.25, -0.2) is 4.98 Å². The topological polar surface area (TPSA) is 117 Å². The molecule has 2 unspecified atom stereocenters. The third-order valence-corrected chi connectivity index (χ3v) is 4.87. The molecule has 0 aliphatic rings. The Balaban J connectivity index is 1.71. The molecule has 140 valence electrons. The first-order chi connectivity index (χ1) is 12.5. The molecule has 0 fully saturated rings. The molecule has 8 nitrogen and oxygen atoms in total. The van der Waals surface area contributed by atoms with E-state index in [4.69, 9.17) is 5.11 Å². The number of carboxylic acid groups (broad SMARTS) is 1. The minimum Gasteiger partial charge on any atom is -0.481 e. The van der Waals surface area contributed by atoms with E-state index in [1.54, 1.807) is 20.0 Å². The van der Waals surface area contributed by atoms with Gasteiger partial charge in [0.05, 0.1) is 12.3 Å². The largest absolute Gasteiger partial charge is 0.481 e. The molecule has 0 aromatic carbocycles. The lowest BCUT2D eigenvalue weighted by Gasteiger charge is -2.17. The molecule has 0 bridgehead atoms. The van der Waals surface area contributed by atoms with Crippen LogP contribution in [0.3, 0.4) is 0 Å². The number of nitrogens with zero attached hydrogens (tertiary/aromatic N) is 3. The molecule has 2 aromatic heterocycles. The van der Waals surface area contributed by atoms with Gasteiger partial charge in [-0.3, -0.25) is 9.59 Å².